The molecule has 3 N–H and O–H groups in total. The molecule has 0 bridgehead atoms. The van der Waals surface area contributed by atoms with E-state index in [0.717, 1.165) is 0 Å². The van der Waals surface area contributed by atoms with Crippen LogP contribution in [-0.4, -0.2) is 36.8 Å². The van der Waals surface area contributed by atoms with Gasteiger partial charge in [0.15, 0.2) is 0 Å². The van der Waals surface area contributed by atoms with E-state index in [1.165, 1.54) is 22.6 Å². The maximum atomic E-state index is 12.1. The molecule has 0 saturated carbocycles. The van der Waals surface area contributed by atoms with E-state index in [2.05, 4.69) is 4.98 Å². The summed E-state index contributed by atoms with van der Waals surface area (Å²) in [6, 6.07) is 2.65. The first-order chi connectivity index (χ1) is 7.51. The molecule has 0 aromatic carbocycles. The molecule has 1 aliphatic rings. The summed E-state index contributed by atoms with van der Waals surface area (Å²) in [5.41, 5.74) is 5.05. The summed E-state index contributed by atoms with van der Waals surface area (Å²) in [7, 11) is -3.69. The van der Waals surface area contributed by atoms with Gasteiger partial charge in [0.25, 0.3) is 5.56 Å². The van der Waals surface area contributed by atoms with Gasteiger partial charge >= 0.3 is 0 Å². The van der Waals surface area contributed by atoms with Crippen molar-refractivity contribution in [3.05, 3.63) is 28.7 Å². The number of nitrogens with zero attached hydrogens (tertiary/aromatic N) is 1. The summed E-state index contributed by atoms with van der Waals surface area (Å²) in [5, 5.41) is 0. The predicted octanol–water partition coefficient (Wildman–Crippen LogP) is -0.903. The third kappa shape index (κ3) is 1.89. The van der Waals surface area contributed by atoms with Gasteiger partial charge in [-0.2, -0.15) is 4.31 Å². The summed E-state index contributed by atoms with van der Waals surface area (Å²) in [4.78, 5) is 13.5. The van der Waals surface area contributed by atoms with Crippen molar-refractivity contribution in [3.8, 4) is 0 Å². The van der Waals surface area contributed by atoms with E-state index in [0.29, 0.717) is 13.0 Å². The van der Waals surface area contributed by atoms with Crippen LogP contribution in [0, 0.1) is 0 Å². The van der Waals surface area contributed by atoms with Crippen molar-refractivity contribution in [1.82, 2.24) is 9.29 Å². The molecule has 0 amide bonds. The number of aromatic amines is 1. The Balaban J connectivity index is 2.40. The maximum absolute atomic E-state index is 12.1. The van der Waals surface area contributed by atoms with Gasteiger partial charge in [0.05, 0.1) is 0 Å². The summed E-state index contributed by atoms with van der Waals surface area (Å²) in [6.07, 6.45) is 2.03. The standard InChI is InChI=1S/C9H13N3O3S/c10-7-3-5-12(6-7)16(14,15)8-2-1-4-11-9(8)13/h1-2,4,7H,3,5-6,10H2,(H,11,13)/t7-/m1/s1. The largest absolute Gasteiger partial charge is 0.328 e. The van der Waals surface area contributed by atoms with Gasteiger partial charge in [-0.3, -0.25) is 4.79 Å². The summed E-state index contributed by atoms with van der Waals surface area (Å²) in [5.74, 6) is 0. The third-order valence-corrected chi connectivity index (χ3v) is 4.48. The van der Waals surface area contributed by atoms with Gasteiger partial charge in [-0.05, 0) is 18.6 Å². The number of nitrogens with one attached hydrogen (secondary N) is 1. The molecule has 16 heavy (non-hydrogen) atoms. The van der Waals surface area contributed by atoms with Gasteiger partial charge in [0.1, 0.15) is 4.90 Å². The lowest BCUT2D eigenvalue weighted by Crippen LogP contribution is -2.34. The van der Waals surface area contributed by atoms with Crippen LogP contribution in [0.25, 0.3) is 0 Å². The van der Waals surface area contributed by atoms with Crippen LogP contribution < -0.4 is 11.3 Å². The van der Waals surface area contributed by atoms with Crippen LogP contribution in [0.1, 0.15) is 6.42 Å². The summed E-state index contributed by atoms with van der Waals surface area (Å²) >= 11 is 0. The Morgan fingerprint density at radius 3 is 2.81 bits per heavy atom. The highest BCUT2D eigenvalue weighted by atomic mass is 32.2. The van der Waals surface area contributed by atoms with Gasteiger partial charge in [-0.15, -0.1) is 0 Å². The van der Waals surface area contributed by atoms with Crippen molar-refractivity contribution in [2.75, 3.05) is 13.1 Å². The molecule has 1 saturated heterocycles. The number of H-pyrrole nitrogens is 1. The first kappa shape index (κ1) is 11.3. The van der Waals surface area contributed by atoms with Crippen LogP contribution in [0.4, 0.5) is 0 Å². The van der Waals surface area contributed by atoms with Crippen LogP contribution in [0.2, 0.25) is 0 Å². The normalized spacial score (nSPS) is 22.4. The zero-order chi connectivity index (χ0) is 11.8. The van der Waals surface area contributed by atoms with E-state index in [1.54, 1.807) is 0 Å². The Hall–Kier alpha value is -1.18. The minimum absolute atomic E-state index is 0.141. The van der Waals surface area contributed by atoms with Gasteiger partial charge in [0, 0.05) is 25.3 Å². The average Bonchev–Trinajstić information content (AvgIpc) is 2.66. The molecule has 1 aromatic rings. The molecule has 2 rings (SSSR count). The topological polar surface area (TPSA) is 96.3 Å². The molecule has 1 fully saturated rings. The van der Waals surface area contributed by atoms with Crippen LogP contribution in [0.3, 0.4) is 0 Å². The van der Waals surface area contributed by atoms with Gasteiger partial charge in [-0.1, -0.05) is 0 Å². The number of pyridine rings is 1. The van der Waals surface area contributed by atoms with Crippen LogP contribution in [-0.2, 0) is 10.0 Å². The van der Waals surface area contributed by atoms with Crippen molar-refractivity contribution in [2.24, 2.45) is 5.73 Å². The summed E-state index contributed by atoms with van der Waals surface area (Å²) in [6.45, 7) is 0.647. The highest BCUT2D eigenvalue weighted by Crippen LogP contribution is 2.17. The second-order valence-electron chi connectivity index (χ2n) is 3.78. The first-order valence-electron chi connectivity index (χ1n) is 4.95. The zero-order valence-electron chi connectivity index (χ0n) is 8.59. The zero-order valence-corrected chi connectivity index (χ0v) is 9.40. The van der Waals surface area contributed by atoms with E-state index in [1.807, 2.05) is 0 Å². The molecule has 6 nitrogen and oxygen atoms in total. The lowest BCUT2D eigenvalue weighted by atomic mass is 10.3. The molecule has 7 heteroatoms. The second-order valence-corrected chi connectivity index (χ2v) is 5.68. The quantitative estimate of drug-likeness (QED) is 0.703. The van der Waals surface area contributed by atoms with Crippen molar-refractivity contribution < 1.29 is 8.42 Å². The number of sulfonamides is 1. The molecule has 1 atom stereocenters. The van der Waals surface area contributed by atoms with E-state index >= 15 is 0 Å². The second kappa shape index (κ2) is 4.00. The molecule has 0 spiro atoms. The number of hydrogen-bond acceptors (Lipinski definition) is 4. The van der Waals surface area contributed by atoms with E-state index in [4.69, 9.17) is 5.73 Å². The lowest BCUT2D eigenvalue weighted by Gasteiger charge is -2.14. The fourth-order valence-corrected chi connectivity index (χ4v) is 3.28. The SMILES string of the molecule is N[C@@H]1CCN(S(=O)(=O)c2ccc[nH]c2=O)C1. The number of aromatic nitrogens is 1. The molecule has 0 aliphatic carbocycles. The Bertz CT molecular complexity index is 537. The number of hydrogen-bond donors (Lipinski definition) is 2. The van der Waals surface area contributed by atoms with E-state index in [-0.39, 0.29) is 17.5 Å². The van der Waals surface area contributed by atoms with Gasteiger partial charge < -0.3 is 10.7 Å². The predicted molar refractivity (Wildman–Crippen MR) is 58.4 cm³/mol. The number of nitrogens with two attached hydrogens (primary N) is 1. The molecule has 0 unspecified atom stereocenters. The van der Waals surface area contributed by atoms with Crippen LogP contribution in [0.5, 0.6) is 0 Å². The van der Waals surface area contributed by atoms with E-state index < -0.39 is 15.6 Å². The van der Waals surface area contributed by atoms with Crippen molar-refractivity contribution in [1.29, 1.82) is 0 Å². The molecule has 2 heterocycles. The smallest absolute Gasteiger partial charge is 0.268 e. The highest BCUT2D eigenvalue weighted by molar-refractivity contribution is 7.89. The Morgan fingerprint density at radius 1 is 1.50 bits per heavy atom. The van der Waals surface area contributed by atoms with Gasteiger partial charge in [-0.25, -0.2) is 8.42 Å². The number of rotatable bonds is 2. The Kier molecular flexibility index (Phi) is 2.83. The van der Waals surface area contributed by atoms with Crippen molar-refractivity contribution in [3.63, 3.8) is 0 Å². The molecule has 0 radical (unpaired) electrons. The van der Waals surface area contributed by atoms with Crippen LogP contribution >= 0.6 is 0 Å². The molecular formula is C9H13N3O3S. The molecule has 1 aromatic heterocycles. The molecular weight excluding hydrogens is 230 g/mol. The highest BCUT2D eigenvalue weighted by Gasteiger charge is 2.32. The van der Waals surface area contributed by atoms with Gasteiger partial charge in [0.2, 0.25) is 10.0 Å². The fraction of sp³-hybridized carbons (Fsp3) is 0.444. The van der Waals surface area contributed by atoms with E-state index in [9.17, 15) is 13.2 Å². The molecule has 1 aliphatic heterocycles. The average molecular weight is 243 g/mol. The minimum atomic E-state index is -3.69. The summed E-state index contributed by atoms with van der Waals surface area (Å²) < 4.78 is 25.4. The lowest BCUT2D eigenvalue weighted by molar-refractivity contribution is 0.471. The fourth-order valence-electron chi connectivity index (χ4n) is 1.72. The first-order valence-corrected chi connectivity index (χ1v) is 6.39. The molecule has 88 valence electrons. The third-order valence-electron chi connectivity index (χ3n) is 2.59. The Labute approximate surface area is 93.1 Å². The monoisotopic (exact) mass is 243 g/mol. The minimum Gasteiger partial charge on any atom is -0.328 e. The van der Waals surface area contributed by atoms with Crippen molar-refractivity contribution >= 4 is 10.0 Å². The Morgan fingerprint density at radius 2 is 2.25 bits per heavy atom. The maximum Gasteiger partial charge on any atom is 0.268 e. The van der Waals surface area contributed by atoms with Crippen molar-refractivity contribution in [2.45, 2.75) is 17.4 Å². The van der Waals surface area contributed by atoms with Crippen LogP contribution in [0.15, 0.2) is 28.0 Å².